The first-order valence-corrected chi connectivity index (χ1v) is 8.57. The van der Waals surface area contributed by atoms with Crippen LogP contribution in [0.2, 0.25) is 0 Å². The van der Waals surface area contributed by atoms with E-state index < -0.39 is 0 Å². The second-order valence-electron chi connectivity index (χ2n) is 5.91. The molecule has 3 nitrogen and oxygen atoms in total. The highest BCUT2D eigenvalue weighted by Gasteiger charge is 2.26. The molecule has 4 heteroatoms. The third kappa shape index (κ3) is 3.23. The van der Waals surface area contributed by atoms with Crippen molar-refractivity contribution in [3.63, 3.8) is 0 Å². The number of carbonyl (C=O) groups is 1. The van der Waals surface area contributed by atoms with Crippen LogP contribution in [0.5, 0.6) is 0 Å². The van der Waals surface area contributed by atoms with Gasteiger partial charge in [0.05, 0.1) is 18.0 Å². The van der Waals surface area contributed by atoms with Crippen LogP contribution in [0, 0.1) is 0 Å². The van der Waals surface area contributed by atoms with Gasteiger partial charge < -0.3 is 9.64 Å². The number of thiophene rings is 1. The molecule has 2 aromatic rings. The van der Waals surface area contributed by atoms with Gasteiger partial charge in [0.2, 0.25) is 0 Å². The fourth-order valence-corrected chi connectivity index (χ4v) is 3.38. The largest absolute Gasteiger partial charge is 0.370 e. The number of carbonyl (C=O) groups excluding carboxylic acids is 1. The van der Waals surface area contributed by atoms with E-state index >= 15 is 0 Å². The van der Waals surface area contributed by atoms with Crippen molar-refractivity contribution in [1.29, 1.82) is 0 Å². The molecule has 0 saturated carbocycles. The smallest absolute Gasteiger partial charge is 0.264 e. The van der Waals surface area contributed by atoms with Crippen LogP contribution < -0.4 is 0 Å². The van der Waals surface area contributed by atoms with Crippen LogP contribution in [-0.4, -0.2) is 30.5 Å². The lowest BCUT2D eigenvalue weighted by molar-refractivity contribution is -0.0226. The number of amides is 1. The second kappa shape index (κ2) is 6.63. The summed E-state index contributed by atoms with van der Waals surface area (Å²) < 4.78 is 5.87. The minimum atomic E-state index is -0.0288. The zero-order chi connectivity index (χ0) is 15.5. The Kier molecular flexibility index (Phi) is 4.60. The Hall–Kier alpha value is -1.65. The molecule has 0 N–H and O–H groups in total. The van der Waals surface area contributed by atoms with Crippen LogP contribution in [-0.2, 0) is 4.74 Å². The molecule has 1 amide bonds. The summed E-state index contributed by atoms with van der Waals surface area (Å²) in [6, 6.07) is 12.4. The van der Waals surface area contributed by atoms with Crippen molar-refractivity contribution in [3.05, 3.63) is 57.8 Å². The predicted octanol–water partition coefficient (Wildman–Crippen LogP) is 4.09. The molecule has 3 rings (SSSR count). The molecule has 1 aromatic heterocycles. The van der Waals surface area contributed by atoms with Crippen LogP contribution in [0.4, 0.5) is 0 Å². The average molecular weight is 315 g/mol. The van der Waals surface area contributed by atoms with Crippen molar-refractivity contribution >= 4 is 17.2 Å². The van der Waals surface area contributed by atoms with E-state index in [0.29, 0.717) is 25.6 Å². The summed E-state index contributed by atoms with van der Waals surface area (Å²) in [4.78, 5) is 15.2. The van der Waals surface area contributed by atoms with Gasteiger partial charge >= 0.3 is 0 Å². The second-order valence-corrected chi connectivity index (χ2v) is 6.86. The van der Waals surface area contributed by atoms with Crippen molar-refractivity contribution in [2.75, 3.05) is 19.7 Å². The maximum absolute atomic E-state index is 12.5. The molecule has 1 atom stereocenters. The van der Waals surface area contributed by atoms with Gasteiger partial charge in [-0.1, -0.05) is 44.2 Å². The maximum atomic E-state index is 12.5. The predicted molar refractivity (Wildman–Crippen MR) is 89.4 cm³/mol. The summed E-state index contributed by atoms with van der Waals surface area (Å²) >= 11 is 1.49. The van der Waals surface area contributed by atoms with Gasteiger partial charge in [0, 0.05) is 6.54 Å². The molecule has 1 aliphatic heterocycles. The lowest BCUT2D eigenvalue weighted by atomic mass is 9.99. The van der Waals surface area contributed by atoms with Gasteiger partial charge in [-0.2, -0.15) is 0 Å². The van der Waals surface area contributed by atoms with Crippen LogP contribution >= 0.6 is 11.3 Å². The zero-order valence-electron chi connectivity index (χ0n) is 13.0. The van der Waals surface area contributed by atoms with E-state index in [2.05, 4.69) is 38.1 Å². The van der Waals surface area contributed by atoms with Crippen molar-refractivity contribution in [3.8, 4) is 0 Å². The van der Waals surface area contributed by atoms with Crippen molar-refractivity contribution in [2.24, 2.45) is 0 Å². The monoisotopic (exact) mass is 315 g/mol. The van der Waals surface area contributed by atoms with Gasteiger partial charge in [0.15, 0.2) is 0 Å². The number of nitrogens with zero attached hydrogens (tertiary/aromatic N) is 1. The summed E-state index contributed by atoms with van der Waals surface area (Å²) in [5.74, 6) is 0.639. The Morgan fingerprint density at radius 3 is 2.68 bits per heavy atom. The summed E-state index contributed by atoms with van der Waals surface area (Å²) in [6.45, 7) is 6.25. The molecular formula is C18H21NO2S. The summed E-state index contributed by atoms with van der Waals surface area (Å²) in [5, 5.41) is 1.94. The van der Waals surface area contributed by atoms with E-state index in [0.717, 1.165) is 10.4 Å². The van der Waals surface area contributed by atoms with Gasteiger partial charge in [0.1, 0.15) is 6.10 Å². The van der Waals surface area contributed by atoms with Crippen LogP contribution in [0.15, 0.2) is 41.8 Å². The van der Waals surface area contributed by atoms with Gasteiger partial charge in [0.25, 0.3) is 5.91 Å². The normalized spacial score (nSPS) is 18.7. The fraction of sp³-hybridized carbons (Fsp3) is 0.389. The fourth-order valence-electron chi connectivity index (χ4n) is 2.69. The van der Waals surface area contributed by atoms with Crippen molar-refractivity contribution in [1.82, 2.24) is 4.90 Å². The highest BCUT2D eigenvalue weighted by molar-refractivity contribution is 7.12. The lowest BCUT2D eigenvalue weighted by Gasteiger charge is -2.33. The van der Waals surface area contributed by atoms with Gasteiger partial charge in [-0.3, -0.25) is 4.79 Å². The van der Waals surface area contributed by atoms with E-state index in [9.17, 15) is 4.79 Å². The molecule has 1 unspecified atom stereocenters. The number of morpholine rings is 1. The standard InChI is InChI=1S/C18H21NO2S/c1-13(2)14-5-7-15(8-6-14)16-12-19(9-10-21-16)18(20)17-4-3-11-22-17/h3-8,11,13,16H,9-10,12H2,1-2H3. The minimum Gasteiger partial charge on any atom is -0.370 e. The highest BCUT2D eigenvalue weighted by atomic mass is 32.1. The molecule has 1 saturated heterocycles. The Morgan fingerprint density at radius 2 is 2.05 bits per heavy atom. The summed E-state index contributed by atoms with van der Waals surface area (Å²) in [6.07, 6.45) is -0.0288. The molecule has 0 aliphatic carbocycles. The number of hydrogen-bond acceptors (Lipinski definition) is 3. The van der Waals surface area contributed by atoms with Crippen LogP contribution in [0.25, 0.3) is 0 Å². The first-order chi connectivity index (χ1) is 10.6. The Morgan fingerprint density at radius 1 is 1.27 bits per heavy atom. The maximum Gasteiger partial charge on any atom is 0.264 e. The molecule has 1 fully saturated rings. The molecule has 22 heavy (non-hydrogen) atoms. The summed E-state index contributed by atoms with van der Waals surface area (Å²) in [5.41, 5.74) is 2.47. The highest BCUT2D eigenvalue weighted by Crippen LogP contribution is 2.25. The quantitative estimate of drug-likeness (QED) is 0.854. The van der Waals surface area contributed by atoms with E-state index in [1.165, 1.54) is 16.9 Å². The molecule has 2 heterocycles. The van der Waals surface area contributed by atoms with E-state index in [1.807, 2.05) is 22.4 Å². The van der Waals surface area contributed by atoms with Gasteiger partial charge in [-0.05, 0) is 28.5 Å². The van der Waals surface area contributed by atoms with Crippen LogP contribution in [0.1, 0.15) is 46.7 Å². The Labute approximate surface area is 135 Å². The SMILES string of the molecule is CC(C)c1ccc(C2CN(C(=O)c3cccs3)CCO2)cc1. The van der Waals surface area contributed by atoms with E-state index in [-0.39, 0.29) is 12.0 Å². The number of ether oxygens (including phenoxy) is 1. The third-order valence-electron chi connectivity index (χ3n) is 4.06. The van der Waals surface area contributed by atoms with Gasteiger partial charge in [-0.15, -0.1) is 11.3 Å². The number of rotatable bonds is 3. The lowest BCUT2D eigenvalue weighted by Crippen LogP contribution is -2.42. The molecule has 0 bridgehead atoms. The first kappa shape index (κ1) is 15.3. The van der Waals surface area contributed by atoms with Crippen molar-refractivity contribution < 1.29 is 9.53 Å². The molecule has 1 aliphatic rings. The average Bonchev–Trinajstić information content (AvgIpc) is 3.09. The van der Waals surface area contributed by atoms with Gasteiger partial charge in [-0.25, -0.2) is 0 Å². The molecule has 1 aromatic carbocycles. The van der Waals surface area contributed by atoms with Crippen molar-refractivity contribution in [2.45, 2.75) is 25.9 Å². The molecule has 116 valence electrons. The Balaban J connectivity index is 1.71. The topological polar surface area (TPSA) is 29.5 Å². The number of benzene rings is 1. The van der Waals surface area contributed by atoms with E-state index in [1.54, 1.807) is 0 Å². The summed E-state index contributed by atoms with van der Waals surface area (Å²) in [7, 11) is 0. The minimum absolute atomic E-state index is 0.0288. The molecule has 0 spiro atoms. The third-order valence-corrected chi connectivity index (χ3v) is 4.92. The Bertz CT molecular complexity index is 619. The number of hydrogen-bond donors (Lipinski definition) is 0. The molecule has 0 radical (unpaired) electrons. The zero-order valence-corrected chi connectivity index (χ0v) is 13.8. The first-order valence-electron chi connectivity index (χ1n) is 7.69. The van der Waals surface area contributed by atoms with Crippen LogP contribution in [0.3, 0.4) is 0 Å². The molecular weight excluding hydrogens is 294 g/mol. The van der Waals surface area contributed by atoms with E-state index in [4.69, 9.17) is 4.74 Å².